The van der Waals surface area contributed by atoms with Crippen LogP contribution in [0.3, 0.4) is 0 Å². The van der Waals surface area contributed by atoms with Crippen molar-refractivity contribution in [1.82, 2.24) is 9.97 Å². The third kappa shape index (κ3) is 2.52. The quantitative estimate of drug-likeness (QED) is 0.804. The van der Waals surface area contributed by atoms with Crippen LogP contribution in [0.1, 0.15) is 5.69 Å². The Morgan fingerprint density at radius 3 is 2.80 bits per heavy atom. The van der Waals surface area contributed by atoms with Gasteiger partial charge in [0.15, 0.2) is 0 Å². The van der Waals surface area contributed by atoms with Crippen LogP contribution >= 0.6 is 28.1 Å². The summed E-state index contributed by atoms with van der Waals surface area (Å²) in [6.45, 7) is 1.97. The molecule has 0 radical (unpaired) electrons. The van der Waals surface area contributed by atoms with Gasteiger partial charge >= 0.3 is 0 Å². The number of nitrogens with one attached hydrogen (secondary N) is 1. The predicted molar refractivity (Wildman–Crippen MR) is 67.3 cm³/mol. The monoisotopic (exact) mass is 280 g/mol. The van der Waals surface area contributed by atoms with Gasteiger partial charge in [-0.15, -0.1) is 0 Å². The molecule has 0 saturated heterocycles. The third-order valence-corrected chi connectivity index (χ3v) is 2.68. The maximum Gasteiger partial charge on any atom is 0.139 e. The van der Waals surface area contributed by atoms with Crippen molar-refractivity contribution in [2.45, 2.75) is 6.92 Å². The molecule has 1 aromatic carbocycles. The van der Waals surface area contributed by atoms with E-state index in [1.165, 1.54) is 0 Å². The van der Waals surface area contributed by atoms with E-state index in [-0.39, 0.29) is 0 Å². The van der Waals surface area contributed by atoms with Crippen molar-refractivity contribution in [3.63, 3.8) is 0 Å². The van der Waals surface area contributed by atoms with Crippen LogP contribution in [0.2, 0.25) is 0 Å². The second kappa shape index (κ2) is 4.24. The Balaban J connectivity index is 2.59. The zero-order valence-corrected chi connectivity index (χ0v) is 10.5. The molecule has 1 aromatic heterocycles. The molecule has 1 heterocycles. The molecular formula is C11H9BrN2S. The first-order valence-corrected chi connectivity index (χ1v) is 5.69. The Hall–Kier alpha value is -1.00. The first-order valence-electron chi connectivity index (χ1n) is 4.49. The van der Waals surface area contributed by atoms with Crippen LogP contribution in [0, 0.1) is 11.6 Å². The lowest BCUT2D eigenvalue weighted by Crippen LogP contribution is -1.91. The van der Waals surface area contributed by atoms with Gasteiger partial charge in [-0.2, -0.15) is 0 Å². The number of aromatic nitrogens is 2. The van der Waals surface area contributed by atoms with E-state index in [9.17, 15) is 0 Å². The molecule has 2 rings (SSSR count). The van der Waals surface area contributed by atoms with E-state index in [2.05, 4.69) is 25.9 Å². The smallest absolute Gasteiger partial charge is 0.139 e. The molecule has 0 saturated carbocycles. The molecule has 76 valence electrons. The second-order valence-electron chi connectivity index (χ2n) is 3.26. The SMILES string of the molecule is Cc1cc(=S)nc(-c2cccc(Br)c2)[nH]1. The molecule has 0 aliphatic carbocycles. The Morgan fingerprint density at radius 1 is 1.33 bits per heavy atom. The summed E-state index contributed by atoms with van der Waals surface area (Å²) in [5.74, 6) is 0.807. The largest absolute Gasteiger partial charge is 0.343 e. The minimum atomic E-state index is 0.612. The summed E-state index contributed by atoms with van der Waals surface area (Å²) in [6, 6.07) is 9.80. The lowest BCUT2D eigenvalue weighted by molar-refractivity contribution is 1.10. The van der Waals surface area contributed by atoms with Gasteiger partial charge in [0.25, 0.3) is 0 Å². The van der Waals surface area contributed by atoms with Crippen molar-refractivity contribution in [2.75, 3.05) is 0 Å². The lowest BCUT2D eigenvalue weighted by atomic mass is 10.2. The first kappa shape index (κ1) is 10.5. The molecule has 15 heavy (non-hydrogen) atoms. The highest BCUT2D eigenvalue weighted by Crippen LogP contribution is 2.19. The van der Waals surface area contributed by atoms with Crippen molar-refractivity contribution < 1.29 is 0 Å². The number of aryl methyl sites for hydroxylation is 1. The average Bonchev–Trinajstić information content (AvgIpc) is 2.16. The zero-order chi connectivity index (χ0) is 10.8. The highest BCUT2D eigenvalue weighted by Gasteiger charge is 2.00. The average molecular weight is 281 g/mol. The van der Waals surface area contributed by atoms with Crippen LogP contribution in [0.5, 0.6) is 0 Å². The summed E-state index contributed by atoms with van der Waals surface area (Å²) in [7, 11) is 0. The van der Waals surface area contributed by atoms with Crippen LogP contribution in [0.15, 0.2) is 34.8 Å². The van der Waals surface area contributed by atoms with Crippen molar-refractivity contribution in [3.8, 4) is 11.4 Å². The topological polar surface area (TPSA) is 28.7 Å². The van der Waals surface area contributed by atoms with Crippen molar-refractivity contribution in [3.05, 3.63) is 45.1 Å². The zero-order valence-electron chi connectivity index (χ0n) is 8.12. The molecular weight excluding hydrogens is 272 g/mol. The molecule has 2 aromatic rings. The van der Waals surface area contributed by atoms with Gasteiger partial charge in [0, 0.05) is 15.7 Å². The lowest BCUT2D eigenvalue weighted by Gasteiger charge is -2.03. The van der Waals surface area contributed by atoms with Crippen LogP contribution in [-0.4, -0.2) is 9.97 Å². The van der Waals surface area contributed by atoms with Crippen LogP contribution in [-0.2, 0) is 0 Å². The van der Waals surface area contributed by atoms with E-state index < -0.39 is 0 Å². The molecule has 0 fully saturated rings. The molecule has 1 N–H and O–H groups in total. The number of H-pyrrole nitrogens is 1. The maximum absolute atomic E-state index is 5.08. The fraction of sp³-hybridized carbons (Fsp3) is 0.0909. The number of rotatable bonds is 1. The molecule has 4 heteroatoms. The van der Waals surface area contributed by atoms with E-state index in [4.69, 9.17) is 12.2 Å². The van der Waals surface area contributed by atoms with Crippen molar-refractivity contribution in [1.29, 1.82) is 0 Å². The summed E-state index contributed by atoms with van der Waals surface area (Å²) in [6.07, 6.45) is 0. The highest BCUT2D eigenvalue weighted by molar-refractivity contribution is 9.10. The number of halogens is 1. The minimum absolute atomic E-state index is 0.612. The molecule has 0 amide bonds. The van der Waals surface area contributed by atoms with Crippen LogP contribution < -0.4 is 0 Å². The van der Waals surface area contributed by atoms with Gasteiger partial charge in [-0.1, -0.05) is 40.3 Å². The highest BCUT2D eigenvalue weighted by atomic mass is 79.9. The van der Waals surface area contributed by atoms with Gasteiger partial charge in [0.05, 0.1) is 0 Å². The maximum atomic E-state index is 5.08. The Labute approximate surface area is 102 Å². The number of benzene rings is 1. The molecule has 0 unspecified atom stereocenters. The molecule has 0 spiro atoms. The molecule has 0 aliphatic heterocycles. The van der Waals surface area contributed by atoms with E-state index >= 15 is 0 Å². The predicted octanol–water partition coefficient (Wildman–Crippen LogP) is 3.88. The normalized spacial score (nSPS) is 10.3. The van der Waals surface area contributed by atoms with Gasteiger partial charge in [-0.05, 0) is 25.1 Å². The minimum Gasteiger partial charge on any atom is -0.343 e. The summed E-state index contributed by atoms with van der Waals surface area (Å²) < 4.78 is 1.64. The Morgan fingerprint density at radius 2 is 2.13 bits per heavy atom. The van der Waals surface area contributed by atoms with E-state index in [1.807, 2.05) is 37.3 Å². The Bertz CT molecular complexity index is 548. The number of aromatic amines is 1. The summed E-state index contributed by atoms with van der Waals surface area (Å²) in [5, 5.41) is 0. The van der Waals surface area contributed by atoms with Gasteiger partial charge < -0.3 is 4.98 Å². The molecule has 0 bridgehead atoms. The molecule has 2 nitrogen and oxygen atoms in total. The van der Waals surface area contributed by atoms with Gasteiger partial charge in [-0.3, -0.25) is 0 Å². The fourth-order valence-corrected chi connectivity index (χ4v) is 2.02. The fourth-order valence-electron chi connectivity index (χ4n) is 1.35. The van der Waals surface area contributed by atoms with E-state index in [1.54, 1.807) is 0 Å². The standard InChI is InChI=1S/C11H9BrN2S/c1-7-5-10(15)14-11(13-7)8-3-2-4-9(12)6-8/h2-6H,1H3,(H,13,14,15). The third-order valence-electron chi connectivity index (χ3n) is 1.98. The van der Waals surface area contributed by atoms with E-state index in [0.29, 0.717) is 4.64 Å². The first-order chi connectivity index (χ1) is 7.15. The summed E-state index contributed by atoms with van der Waals surface area (Å²) >= 11 is 8.51. The number of hydrogen-bond donors (Lipinski definition) is 1. The van der Waals surface area contributed by atoms with Gasteiger partial charge in [-0.25, -0.2) is 4.98 Å². The second-order valence-corrected chi connectivity index (χ2v) is 4.60. The summed E-state index contributed by atoms with van der Waals surface area (Å²) in [5.41, 5.74) is 2.05. The number of hydrogen-bond acceptors (Lipinski definition) is 2. The Kier molecular flexibility index (Phi) is 2.98. The summed E-state index contributed by atoms with van der Waals surface area (Å²) in [4.78, 5) is 7.48. The van der Waals surface area contributed by atoms with Crippen LogP contribution in [0.25, 0.3) is 11.4 Å². The van der Waals surface area contributed by atoms with Gasteiger partial charge in [0.2, 0.25) is 0 Å². The number of nitrogens with zero attached hydrogens (tertiary/aromatic N) is 1. The molecule has 0 aliphatic rings. The molecule has 0 atom stereocenters. The van der Waals surface area contributed by atoms with Crippen LogP contribution in [0.4, 0.5) is 0 Å². The van der Waals surface area contributed by atoms with Gasteiger partial charge in [0.1, 0.15) is 10.5 Å². The van der Waals surface area contributed by atoms with Crippen molar-refractivity contribution >= 4 is 28.1 Å². The van der Waals surface area contributed by atoms with E-state index in [0.717, 1.165) is 21.6 Å². The van der Waals surface area contributed by atoms with Crippen molar-refractivity contribution in [2.24, 2.45) is 0 Å².